The maximum atomic E-state index is 11.3. The molecule has 0 spiro atoms. The highest BCUT2D eigenvalue weighted by atomic mass is 16.9. The van der Waals surface area contributed by atoms with Crippen LogP contribution < -0.4 is 5.64 Å². The Kier molecular flexibility index (Phi) is 2.70. The summed E-state index contributed by atoms with van der Waals surface area (Å²) in [5, 5.41) is 8.87. The Bertz CT molecular complexity index is 288. The molecule has 0 aromatic rings. The highest BCUT2D eigenvalue weighted by Crippen LogP contribution is 2.30. The van der Waals surface area contributed by atoms with Gasteiger partial charge in [0.25, 0.3) is 0 Å². The molecule has 0 aromatic heterocycles. The third-order valence-corrected chi connectivity index (χ3v) is 2.14. The van der Waals surface area contributed by atoms with Crippen LogP contribution in [0.25, 0.3) is 0 Å². The molecule has 1 fully saturated rings. The Labute approximate surface area is 78.9 Å². The molecular weight excluding hydrogens is 194 g/mol. The molecule has 1 unspecified atom stereocenters. The van der Waals surface area contributed by atoms with Crippen molar-refractivity contribution < 1.29 is 29.2 Å². The number of hydrogen-bond donors (Lipinski definition) is 2. The molecule has 7 heteroatoms. The molecule has 0 saturated carbocycles. The van der Waals surface area contributed by atoms with Crippen LogP contribution in [0.5, 0.6) is 0 Å². The van der Waals surface area contributed by atoms with Gasteiger partial charge in [0.15, 0.2) is 5.41 Å². The molecule has 1 atom stereocenters. The summed E-state index contributed by atoms with van der Waals surface area (Å²) in [5.41, 5.74) is -0.218. The molecular formula is C7H9NO6. The van der Waals surface area contributed by atoms with Crippen LogP contribution >= 0.6 is 0 Å². The number of carbonyl (C=O) groups excluding carboxylic acids is 2. The van der Waals surface area contributed by atoms with Crippen LogP contribution in [0, 0.1) is 5.41 Å². The van der Waals surface area contributed by atoms with Crippen LogP contribution in [0.1, 0.15) is 19.8 Å². The molecule has 1 aliphatic rings. The fraction of sp³-hybridized carbons (Fsp3) is 0.571. The van der Waals surface area contributed by atoms with E-state index in [9.17, 15) is 14.4 Å². The maximum absolute atomic E-state index is 11.3. The fourth-order valence-electron chi connectivity index (χ4n) is 1.14. The van der Waals surface area contributed by atoms with E-state index >= 15 is 0 Å². The van der Waals surface area contributed by atoms with Gasteiger partial charge < -0.3 is 14.8 Å². The summed E-state index contributed by atoms with van der Waals surface area (Å²) < 4.78 is 0. The van der Waals surface area contributed by atoms with E-state index in [0.29, 0.717) is 0 Å². The van der Waals surface area contributed by atoms with Crippen molar-refractivity contribution in [3.63, 3.8) is 0 Å². The van der Waals surface area contributed by atoms with Crippen molar-refractivity contribution in [1.29, 1.82) is 0 Å². The second-order valence-corrected chi connectivity index (χ2v) is 2.86. The van der Waals surface area contributed by atoms with Crippen LogP contribution in [0.15, 0.2) is 0 Å². The van der Waals surface area contributed by atoms with Crippen molar-refractivity contribution in [3.05, 3.63) is 0 Å². The third kappa shape index (κ3) is 1.53. The van der Waals surface area contributed by atoms with Crippen LogP contribution in [0.3, 0.4) is 0 Å². The van der Waals surface area contributed by atoms with E-state index < -0.39 is 29.7 Å². The standard InChI is InChI=1S/C7H9NO6/c1-2-7(5(10)11)3-4(9)13-8-14-6(7)12/h8H,2-3H2,1H3,(H,10,11). The number of carboxylic acids is 1. The number of carbonyl (C=O) groups is 3. The lowest BCUT2D eigenvalue weighted by Gasteiger charge is -2.19. The number of rotatable bonds is 2. The van der Waals surface area contributed by atoms with Gasteiger partial charge in [-0.05, 0) is 6.42 Å². The molecule has 1 rings (SSSR count). The van der Waals surface area contributed by atoms with Crippen LogP contribution in [-0.4, -0.2) is 23.0 Å². The predicted molar refractivity (Wildman–Crippen MR) is 40.3 cm³/mol. The van der Waals surface area contributed by atoms with Gasteiger partial charge in [0, 0.05) is 5.64 Å². The minimum absolute atomic E-state index is 0.0437. The van der Waals surface area contributed by atoms with E-state index in [1.165, 1.54) is 6.92 Å². The first-order chi connectivity index (χ1) is 6.53. The van der Waals surface area contributed by atoms with Gasteiger partial charge in [-0.15, -0.1) is 0 Å². The summed E-state index contributed by atoms with van der Waals surface area (Å²) in [6, 6.07) is 0. The summed E-state index contributed by atoms with van der Waals surface area (Å²) in [4.78, 5) is 41.5. The number of nitrogens with one attached hydrogen (secondary N) is 1. The average Bonchev–Trinajstić information content (AvgIpc) is 2.26. The fourth-order valence-corrected chi connectivity index (χ4v) is 1.14. The molecule has 2 N–H and O–H groups in total. The van der Waals surface area contributed by atoms with Crippen LogP contribution in [0.2, 0.25) is 0 Å². The lowest BCUT2D eigenvalue weighted by Crippen LogP contribution is -2.40. The Morgan fingerprint density at radius 1 is 1.57 bits per heavy atom. The maximum Gasteiger partial charge on any atom is 0.346 e. The first-order valence-electron chi connectivity index (χ1n) is 3.92. The Morgan fingerprint density at radius 2 is 2.21 bits per heavy atom. The Hall–Kier alpha value is -1.63. The third-order valence-electron chi connectivity index (χ3n) is 2.14. The topological polar surface area (TPSA) is 102 Å². The van der Waals surface area contributed by atoms with Gasteiger partial charge in [-0.25, -0.2) is 4.79 Å². The van der Waals surface area contributed by atoms with E-state index in [1.54, 1.807) is 5.64 Å². The molecule has 78 valence electrons. The zero-order chi connectivity index (χ0) is 10.8. The van der Waals surface area contributed by atoms with E-state index in [4.69, 9.17) is 5.11 Å². The molecule has 14 heavy (non-hydrogen) atoms. The van der Waals surface area contributed by atoms with Crippen LogP contribution in [0.4, 0.5) is 0 Å². The largest absolute Gasteiger partial charge is 0.480 e. The van der Waals surface area contributed by atoms with Crippen molar-refractivity contribution >= 4 is 17.9 Å². The van der Waals surface area contributed by atoms with Gasteiger partial charge in [-0.2, -0.15) is 0 Å². The molecule has 0 bridgehead atoms. The molecule has 1 aliphatic heterocycles. The molecule has 1 saturated heterocycles. The molecule has 1 heterocycles. The minimum atomic E-state index is -1.85. The van der Waals surface area contributed by atoms with E-state index in [2.05, 4.69) is 9.68 Å². The van der Waals surface area contributed by atoms with Gasteiger partial charge in [0.2, 0.25) is 0 Å². The van der Waals surface area contributed by atoms with Crippen molar-refractivity contribution in [2.75, 3.05) is 0 Å². The molecule has 7 nitrogen and oxygen atoms in total. The van der Waals surface area contributed by atoms with Crippen molar-refractivity contribution in [2.45, 2.75) is 19.8 Å². The summed E-state index contributed by atoms with van der Waals surface area (Å²) in [7, 11) is 0. The first kappa shape index (κ1) is 10.5. The number of carboxylic acid groups (broad SMARTS) is 1. The highest BCUT2D eigenvalue weighted by Gasteiger charge is 2.50. The Morgan fingerprint density at radius 3 is 2.71 bits per heavy atom. The van der Waals surface area contributed by atoms with Gasteiger partial charge in [0.05, 0.1) is 6.42 Å². The predicted octanol–water partition coefficient (Wildman–Crippen LogP) is -0.623. The van der Waals surface area contributed by atoms with Gasteiger partial charge >= 0.3 is 17.9 Å². The normalized spacial score (nSPS) is 27.5. The van der Waals surface area contributed by atoms with Crippen molar-refractivity contribution in [3.8, 4) is 0 Å². The van der Waals surface area contributed by atoms with Crippen molar-refractivity contribution in [2.24, 2.45) is 5.41 Å². The quantitative estimate of drug-likeness (QED) is 0.576. The molecule has 0 aliphatic carbocycles. The first-order valence-corrected chi connectivity index (χ1v) is 3.92. The van der Waals surface area contributed by atoms with Gasteiger partial charge in [0.1, 0.15) is 0 Å². The van der Waals surface area contributed by atoms with Crippen molar-refractivity contribution in [1.82, 2.24) is 5.64 Å². The van der Waals surface area contributed by atoms with Gasteiger partial charge in [-0.3, -0.25) is 9.59 Å². The van der Waals surface area contributed by atoms with E-state index in [0.717, 1.165) is 0 Å². The number of hydrogen-bond acceptors (Lipinski definition) is 6. The second-order valence-electron chi connectivity index (χ2n) is 2.86. The number of aliphatic carboxylic acids is 1. The second kappa shape index (κ2) is 3.62. The summed E-state index contributed by atoms with van der Waals surface area (Å²) in [6.45, 7) is 1.48. The summed E-state index contributed by atoms with van der Waals surface area (Å²) in [5.74, 6) is -3.27. The van der Waals surface area contributed by atoms with E-state index in [-0.39, 0.29) is 6.42 Å². The zero-order valence-electron chi connectivity index (χ0n) is 7.40. The highest BCUT2D eigenvalue weighted by molar-refractivity contribution is 6.02. The molecule has 0 radical (unpaired) electrons. The smallest absolute Gasteiger partial charge is 0.346 e. The SMILES string of the molecule is CCC1(C(=O)O)CC(=O)ONOC1=O. The minimum Gasteiger partial charge on any atom is -0.480 e. The summed E-state index contributed by atoms with van der Waals surface area (Å²) in [6.07, 6.45) is -0.581. The zero-order valence-corrected chi connectivity index (χ0v) is 7.40. The Balaban J connectivity index is 3.04. The lowest BCUT2D eigenvalue weighted by atomic mass is 9.82. The summed E-state index contributed by atoms with van der Waals surface area (Å²) >= 11 is 0. The van der Waals surface area contributed by atoms with E-state index in [1.807, 2.05) is 0 Å². The molecule has 0 aromatic carbocycles. The monoisotopic (exact) mass is 203 g/mol. The average molecular weight is 203 g/mol. The lowest BCUT2D eigenvalue weighted by molar-refractivity contribution is -0.194. The van der Waals surface area contributed by atoms with Gasteiger partial charge in [-0.1, -0.05) is 6.92 Å². The van der Waals surface area contributed by atoms with Crippen LogP contribution in [-0.2, 0) is 24.1 Å². The molecule has 0 amide bonds.